The molecule has 32 heavy (non-hydrogen) atoms. The van der Waals surface area contributed by atoms with Crippen LogP contribution in [0.3, 0.4) is 0 Å². The Kier molecular flexibility index (Phi) is 5.13. The zero-order valence-corrected chi connectivity index (χ0v) is 17.8. The molecule has 2 aromatic heterocycles. The van der Waals surface area contributed by atoms with Crippen molar-refractivity contribution in [2.24, 2.45) is 7.05 Å². The van der Waals surface area contributed by atoms with Crippen LogP contribution in [0.5, 0.6) is 11.6 Å². The molecule has 2 saturated heterocycles. The molecule has 1 N–H and O–H groups in total. The maximum Gasteiger partial charge on any atom is 0.253 e. The van der Waals surface area contributed by atoms with Gasteiger partial charge in [-0.3, -0.25) is 14.3 Å². The Labute approximate surface area is 184 Å². The number of halogens is 1. The summed E-state index contributed by atoms with van der Waals surface area (Å²) in [6.07, 6.45) is 2.34. The highest BCUT2D eigenvalue weighted by Gasteiger charge is 2.47. The summed E-state index contributed by atoms with van der Waals surface area (Å²) in [5.74, 6) is 0.700. The van der Waals surface area contributed by atoms with E-state index in [1.54, 1.807) is 31.3 Å². The summed E-state index contributed by atoms with van der Waals surface area (Å²) < 4.78 is 22.1. The molecule has 0 saturated carbocycles. The first-order valence-electron chi connectivity index (χ1n) is 10.6. The third-order valence-corrected chi connectivity index (χ3v) is 6.63. The van der Waals surface area contributed by atoms with Gasteiger partial charge < -0.3 is 9.84 Å². The molecule has 8 nitrogen and oxygen atoms in total. The topological polar surface area (TPSA) is 93.4 Å². The van der Waals surface area contributed by atoms with E-state index in [1.807, 2.05) is 7.05 Å². The van der Waals surface area contributed by atoms with Crippen molar-refractivity contribution in [3.05, 3.63) is 52.9 Å². The van der Waals surface area contributed by atoms with Gasteiger partial charge >= 0.3 is 0 Å². The highest BCUT2D eigenvalue weighted by atomic mass is 19.1. The van der Waals surface area contributed by atoms with E-state index in [-0.39, 0.29) is 23.2 Å². The van der Waals surface area contributed by atoms with Crippen molar-refractivity contribution in [3.63, 3.8) is 0 Å². The molecule has 9 heteroatoms. The SMILES string of the molecule is CN1[C@@H]2CC[C@H]1[C@@H](F)[C@H](Oc1ccc(-c3ccc(-c4nccc(=O)n4C)cc3O)nn1)C2. The normalized spacial score (nSPS) is 25.1. The number of aromatic nitrogens is 4. The average Bonchev–Trinajstić information content (AvgIpc) is 3.06. The minimum absolute atomic E-state index is 0.0146. The summed E-state index contributed by atoms with van der Waals surface area (Å²) in [7, 11) is 3.60. The fourth-order valence-corrected chi connectivity index (χ4v) is 4.78. The van der Waals surface area contributed by atoms with Crippen LogP contribution in [-0.4, -0.2) is 61.2 Å². The van der Waals surface area contributed by atoms with Gasteiger partial charge in [-0.15, -0.1) is 10.2 Å². The highest BCUT2D eigenvalue weighted by molar-refractivity contribution is 5.72. The van der Waals surface area contributed by atoms with Crippen LogP contribution in [-0.2, 0) is 7.05 Å². The number of benzene rings is 1. The van der Waals surface area contributed by atoms with E-state index in [4.69, 9.17) is 4.74 Å². The van der Waals surface area contributed by atoms with Gasteiger partial charge in [0, 0.05) is 55.0 Å². The summed E-state index contributed by atoms with van der Waals surface area (Å²) in [5.41, 5.74) is 1.35. The predicted octanol–water partition coefficient (Wildman–Crippen LogP) is 2.56. The number of phenols is 1. The fraction of sp³-hybridized carbons (Fsp3) is 0.391. The van der Waals surface area contributed by atoms with Crippen LogP contribution >= 0.6 is 0 Å². The Hall–Kier alpha value is -3.33. The average molecular weight is 437 g/mol. The maximum absolute atomic E-state index is 14.8. The van der Waals surface area contributed by atoms with E-state index in [0.717, 1.165) is 12.8 Å². The molecule has 2 bridgehead atoms. The third-order valence-electron chi connectivity index (χ3n) is 6.63. The second kappa shape index (κ2) is 7.98. The number of hydrogen-bond acceptors (Lipinski definition) is 7. The van der Waals surface area contributed by atoms with Gasteiger partial charge in [-0.1, -0.05) is 6.07 Å². The molecule has 0 unspecified atom stereocenters. The monoisotopic (exact) mass is 437 g/mol. The molecule has 0 amide bonds. The Morgan fingerprint density at radius 2 is 1.97 bits per heavy atom. The summed E-state index contributed by atoms with van der Waals surface area (Å²) in [5, 5.41) is 18.8. The van der Waals surface area contributed by atoms with E-state index < -0.39 is 12.3 Å². The molecule has 0 radical (unpaired) electrons. The molecule has 3 aromatic rings. The minimum atomic E-state index is -1.06. The van der Waals surface area contributed by atoms with Crippen molar-refractivity contribution in [2.45, 2.75) is 43.6 Å². The Bertz CT molecular complexity index is 1200. The highest BCUT2D eigenvalue weighted by Crippen LogP contribution is 2.38. The van der Waals surface area contributed by atoms with Crippen LogP contribution in [0.25, 0.3) is 22.6 Å². The standard InChI is InChI=1S/C23H24FN5O3/c1-28-14-4-7-17(28)22(24)19(12-14)32-20-8-6-16(26-27-20)15-5-3-13(11-18(15)30)23-25-10-9-21(31)29(23)2/h3,5-6,8-11,14,17,19,22,30H,4,7,12H2,1-2H3/t14-,17+,19-,22-/m1/s1. The first-order chi connectivity index (χ1) is 15.4. The number of fused-ring (bicyclic) bond motifs is 2. The van der Waals surface area contributed by atoms with Crippen LogP contribution in [0.4, 0.5) is 4.39 Å². The molecule has 5 rings (SSSR count). The van der Waals surface area contributed by atoms with Crippen molar-refractivity contribution >= 4 is 0 Å². The predicted molar refractivity (Wildman–Crippen MR) is 116 cm³/mol. The summed E-state index contributed by atoms with van der Waals surface area (Å²) >= 11 is 0. The van der Waals surface area contributed by atoms with Crippen LogP contribution in [0.2, 0.25) is 0 Å². The zero-order chi connectivity index (χ0) is 22.4. The molecule has 1 aromatic carbocycles. The number of ether oxygens (including phenoxy) is 1. The second-order valence-electron chi connectivity index (χ2n) is 8.45. The van der Waals surface area contributed by atoms with Gasteiger partial charge in [0.25, 0.3) is 5.56 Å². The van der Waals surface area contributed by atoms with Gasteiger partial charge in [0.1, 0.15) is 17.7 Å². The van der Waals surface area contributed by atoms with E-state index >= 15 is 0 Å². The Balaban J connectivity index is 1.34. The lowest BCUT2D eigenvalue weighted by Crippen LogP contribution is -2.52. The van der Waals surface area contributed by atoms with E-state index in [0.29, 0.717) is 35.1 Å². The van der Waals surface area contributed by atoms with Crippen molar-refractivity contribution in [1.29, 1.82) is 0 Å². The third kappa shape index (κ3) is 3.52. The Morgan fingerprint density at radius 1 is 1.12 bits per heavy atom. The van der Waals surface area contributed by atoms with E-state index in [2.05, 4.69) is 20.1 Å². The molecule has 2 aliphatic heterocycles. The number of hydrogen-bond donors (Lipinski definition) is 1. The van der Waals surface area contributed by atoms with Crippen LogP contribution in [0.15, 0.2) is 47.4 Å². The van der Waals surface area contributed by atoms with Gasteiger partial charge in [0.05, 0.1) is 5.69 Å². The molecule has 0 spiro atoms. The smallest absolute Gasteiger partial charge is 0.253 e. The molecule has 0 aliphatic carbocycles. The number of rotatable bonds is 4. The summed E-state index contributed by atoms with van der Waals surface area (Å²) in [6, 6.07) is 9.93. The molecular formula is C23H24FN5O3. The van der Waals surface area contributed by atoms with Gasteiger partial charge in [-0.05, 0) is 38.1 Å². The van der Waals surface area contributed by atoms with Crippen molar-refractivity contribution in [2.75, 3.05) is 7.05 Å². The number of aromatic hydroxyl groups is 1. The lowest BCUT2D eigenvalue weighted by molar-refractivity contribution is -0.0134. The van der Waals surface area contributed by atoms with Crippen LogP contribution < -0.4 is 10.3 Å². The van der Waals surface area contributed by atoms with Crippen LogP contribution in [0, 0.1) is 0 Å². The lowest BCUT2D eigenvalue weighted by atomic mass is 9.98. The number of piperidine rings is 1. The van der Waals surface area contributed by atoms with Gasteiger partial charge in [-0.25, -0.2) is 9.37 Å². The minimum Gasteiger partial charge on any atom is -0.507 e. The van der Waals surface area contributed by atoms with Gasteiger partial charge in [0.15, 0.2) is 6.17 Å². The van der Waals surface area contributed by atoms with Crippen molar-refractivity contribution in [3.8, 4) is 34.3 Å². The summed E-state index contributed by atoms with van der Waals surface area (Å²) in [6.45, 7) is 0. The van der Waals surface area contributed by atoms with Crippen molar-refractivity contribution in [1.82, 2.24) is 24.6 Å². The van der Waals surface area contributed by atoms with Gasteiger partial charge in [-0.2, -0.15) is 0 Å². The van der Waals surface area contributed by atoms with E-state index in [9.17, 15) is 14.3 Å². The largest absolute Gasteiger partial charge is 0.507 e. The van der Waals surface area contributed by atoms with Crippen LogP contribution in [0.1, 0.15) is 19.3 Å². The Morgan fingerprint density at radius 3 is 2.72 bits per heavy atom. The summed E-state index contributed by atoms with van der Waals surface area (Å²) in [4.78, 5) is 18.2. The first kappa shape index (κ1) is 20.6. The fourth-order valence-electron chi connectivity index (χ4n) is 4.78. The first-order valence-corrected chi connectivity index (χ1v) is 10.6. The molecule has 4 atom stereocenters. The molecule has 166 valence electrons. The lowest BCUT2D eigenvalue weighted by Gasteiger charge is -2.38. The van der Waals surface area contributed by atoms with E-state index in [1.165, 1.54) is 22.9 Å². The molecule has 4 heterocycles. The molecule has 2 aliphatic rings. The van der Waals surface area contributed by atoms with Gasteiger partial charge in [0.2, 0.25) is 5.88 Å². The quantitative estimate of drug-likeness (QED) is 0.671. The maximum atomic E-state index is 14.8. The number of phenolic OH excluding ortho intramolecular Hbond substituents is 1. The number of alkyl halides is 1. The number of nitrogens with zero attached hydrogens (tertiary/aromatic N) is 5. The zero-order valence-electron chi connectivity index (χ0n) is 17.8. The second-order valence-corrected chi connectivity index (χ2v) is 8.45. The molecule has 2 fully saturated rings. The molecular weight excluding hydrogens is 413 g/mol. The van der Waals surface area contributed by atoms with Crippen molar-refractivity contribution < 1.29 is 14.2 Å².